The first-order valence-electron chi connectivity index (χ1n) is 4.41. The molecule has 0 fully saturated rings. The lowest BCUT2D eigenvalue weighted by atomic mass is 10.2. The molecule has 1 heterocycles. The van der Waals surface area contributed by atoms with Gasteiger partial charge in [-0.15, -0.1) is 11.3 Å². The zero-order valence-corrected chi connectivity index (χ0v) is 10.4. The van der Waals surface area contributed by atoms with Crippen molar-refractivity contribution < 1.29 is 8.76 Å². The number of hydrogen-bond donors (Lipinski definition) is 0. The van der Waals surface area contributed by atoms with Crippen LogP contribution in [0.1, 0.15) is 5.01 Å². The van der Waals surface area contributed by atoms with Crippen molar-refractivity contribution in [1.29, 1.82) is 0 Å². The molecule has 0 N–H and O–H groups in total. The number of hydrogen-bond acceptors (Lipinski definition) is 4. The summed E-state index contributed by atoms with van der Waals surface area (Å²) >= 11 is 5.03. The maximum atomic E-state index is 10.5. The summed E-state index contributed by atoms with van der Waals surface area (Å²) in [6.45, 7) is 0. The van der Waals surface area contributed by atoms with Gasteiger partial charge in [0.1, 0.15) is 5.01 Å². The van der Waals surface area contributed by atoms with Gasteiger partial charge in [0, 0.05) is 16.0 Å². The molecule has 6 heteroatoms. The van der Waals surface area contributed by atoms with Crippen molar-refractivity contribution in [2.45, 2.75) is 5.75 Å². The number of nitrogens with zero attached hydrogens (tertiary/aromatic N) is 1. The lowest BCUT2D eigenvalue weighted by Gasteiger charge is -2.00. The maximum absolute atomic E-state index is 10.5. The second kappa shape index (κ2) is 5.05. The average molecular weight is 273 g/mol. The first-order valence-corrected chi connectivity index (χ1v) is 6.91. The van der Waals surface area contributed by atoms with Gasteiger partial charge in [-0.25, -0.2) is 4.98 Å². The van der Waals surface area contributed by atoms with E-state index in [2.05, 4.69) is 4.98 Å². The van der Waals surface area contributed by atoms with Crippen molar-refractivity contribution in [2.24, 2.45) is 0 Å². The Labute approximate surface area is 104 Å². The number of rotatable bonds is 3. The fourth-order valence-electron chi connectivity index (χ4n) is 1.23. The number of thiazole rings is 1. The van der Waals surface area contributed by atoms with Crippen LogP contribution in [0.4, 0.5) is 0 Å². The molecule has 0 saturated heterocycles. The molecule has 0 aliphatic rings. The zero-order valence-electron chi connectivity index (χ0n) is 8.05. The molecule has 2 rings (SSSR count). The molecule has 0 aliphatic carbocycles. The van der Waals surface area contributed by atoms with Crippen molar-refractivity contribution in [1.82, 2.24) is 4.98 Å². The minimum Gasteiger partial charge on any atom is -0.772 e. The normalized spacial score (nSPS) is 12.6. The zero-order chi connectivity index (χ0) is 11.5. The summed E-state index contributed by atoms with van der Waals surface area (Å²) in [5.41, 5.74) is 1.71. The first kappa shape index (κ1) is 11.7. The predicted octanol–water partition coefficient (Wildman–Crippen LogP) is 2.84. The van der Waals surface area contributed by atoms with Crippen LogP contribution < -0.4 is 0 Å². The van der Waals surface area contributed by atoms with Gasteiger partial charge in [0.25, 0.3) is 0 Å². The quantitative estimate of drug-likeness (QED) is 0.808. The third-order valence-corrected chi connectivity index (χ3v) is 3.73. The van der Waals surface area contributed by atoms with Crippen molar-refractivity contribution >= 4 is 34.0 Å². The van der Waals surface area contributed by atoms with Gasteiger partial charge in [0.15, 0.2) is 0 Å². The Kier molecular flexibility index (Phi) is 3.70. The van der Waals surface area contributed by atoms with Gasteiger partial charge in [0.05, 0.1) is 11.4 Å². The third kappa shape index (κ3) is 2.89. The predicted molar refractivity (Wildman–Crippen MR) is 65.2 cm³/mol. The Morgan fingerprint density at radius 3 is 2.69 bits per heavy atom. The van der Waals surface area contributed by atoms with E-state index in [0.29, 0.717) is 10.0 Å². The van der Waals surface area contributed by atoms with E-state index in [1.807, 2.05) is 17.5 Å². The SMILES string of the molecule is O=S([O-])Cc1nc(-c2ccc(Cl)cc2)cs1. The highest BCUT2D eigenvalue weighted by Crippen LogP contribution is 2.23. The van der Waals surface area contributed by atoms with Gasteiger partial charge in [0.2, 0.25) is 0 Å². The molecule has 0 saturated carbocycles. The molecule has 2 aromatic rings. The van der Waals surface area contributed by atoms with E-state index in [-0.39, 0.29) is 5.75 Å². The summed E-state index contributed by atoms with van der Waals surface area (Å²) in [7, 11) is 0. The minimum absolute atomic E-state index is 0.0295. The molecule has 0 spiro atoms. The lowest BCUT2D eigenvalue weighted by molar-refractivity contribution is 0.536. The van der Waals surface area contributed by atoms with E-state index in [0.717, 1.165) is 11.3 Å². The summed E-state index contributed by atoms with van der Waals surface area (Å²) in [4.78, 5) is 4.23. The standard InChI is InChI=1S/C10H8ClNO2S2/c11-8-3-1-7(2-4-8)9-5-15-10(12-9)6-16(13)14/h1-5H,6H2,(H,13,14)/p-1. The third-order valence-electron chi connectivity index (χ3n) is 1.93. The van der Waals surface area contributed by atoms with Crippen molar-refractivity contribution in [3.05, 3.63) is 39.7 Å². The topological polar surface area (TPSA) is 53.0 Å². The first-order chi connectivity index (χ1) is 7.65. The fraction of sp³-hybridized carbons (Fsp3) is 0.100. The summed E-state index contributed by atoms with van der Waals surface area (Å²) in [6.07, 6.45) is 0. The van der Waals surface area contributed by atoms with Crippen LogP contribution in [0.3, 0.4) is 0 Å². The van der Waals surface area contributed by atoms with E-state index in [9.17, 15) is 8.76 Å². The molecule has 0 amide bonds. The van der Waals surface area contributed by atoms with Gasteiger partial charge < -0.3 is 4.55 Å². The molecule has 1 aromatic carbocycles. The Balaban J connectivity index is 2.24. The van der Waals surface area contributed by atoms with Crippen LogP contribution in [0, 0.1) is 0 Å². The number of benzene rings is 1. The number of aromatic nitrogens is 1. The summed E-state index contributed by atoms with van der Waals surface area (Å²) in [6, 6.07) is 7.27. The molecule has 3 nitrogen and oxygen atoms in total. The molecule has 0 aliphatic heterocycles. The lowest BCUT2D eigenvalue weighted by Crippen LogP contribution is -1.92. The molecule has 1 atom stereocenters. The molecule has 1 aromatic heterocycles. The largest absolute Gasteiger partial charge is 0.772 e. The number of halogens is 1. The minimum atomic E-state index is -2.09. The van der Waals surface area contributed by atoms with Crippen LogP contribution in [-0.2, 0) is 16.8 Å². The highest BCUT2D eigenvalue weighted by atomic mass is 35.5. The van der Waals surface area contributed by atoms with E-state index in [1.54, 1.807) is 12.1 Å². The monoisotopic (exact) mass is 272 g/mol. The van der Waals surface area contributed by atoms with E-state index >= 15 is 0 Å². The molecule has 0 radical (unpaired) electrons. The molecule has 1 unspecified atom stereocenters. The van der Waals surface area contributed by atoms with Crippen LogP contribution in [-0.4, -0.2) is 13.7 Å². The van der Waals surface area contributed by atoms with Crippen molar-refractivity contribution in [2.75, 3.05) is 0 Å². The van der Waals surface area contributed by atoms with Gasteiger partial charge in [-0.05, 0) is 23.2 Å². The highest BCUT2D eigenvalue weighted by molar-refractivity contribution is 7.78. The Hall–Kier alpha value is -0.750. The van der Waals surface area contributed by atoms with E-state index in [1.165, 1.54) is 11.3 Å². The van der Waals surface area contributed by atoms with Crippen LogP contribution in [0.5, 0.6) is 0 Å². The second-order valence-electron chi connectivity index (χ2n) is 3.08. The maximum Gasteiger partial charge on any atom is 0.105 e. The van der Waals surface area contributed by atoms with Crippen LogP contribution >= 0.6 is 22.9 Å². The Bertz CT molecular complexity index is 510. The van der Waals surface area contributed by atoms with Crippen LogP contribution in [0.15, 0.2) is 29.6 Å². The van der Waals surface area contributed by atoms with E-state index < -0.39 is 11.1 Å². The highest BCUT2D eigenvalue weighted by Gasteiger charge is 2.04. The summed E-state index contributed by atoms with van der Waals surface area (Å²) < 4.78 is 21.0. The van der Waals surface area contributed by atoms with Crippen molar-refractivity contribution in [3.8, 4) is 11.3 Å². The molecule has 84 valence electrons. The summed E-state index contributed by atoms with van der Waals surface area (Å²) in [5, 5.41) is 3.10. The Morgan fingerprint density at radius 1 is 1.38 bits per heavy atom. The second-order valence-corrected chi connectivity index (χ2v) is 5.36. The molecular formula is C10H7ClNO2S2-. The van der Waals surface area contributed by atoms with Gasteiger partial charge in [-0.3, -0.25) is 4.21 Å². The molecular weight excluding hydrogens is 266 g/mol. The Morgan fingerprint density at radius 2 is 2.06 bits per heavy atom. The van der Waals surface area contributed by atoms with Crippen LogP contribution in [0.25, 0.3) is 11.3 Å². The fourth-order valence-corrected chi connectivity index (χ4v) is 2.77. The van der Waals surface area contributed by atoms with Gasteiger partial charge in [-0.1, -0.05) is 23.7 Å². The van der Waals surface area contributed by atoms with Gasteiger partial charge in [-0.2, -0.15) is 0 Å². The summed E-state index contributed by atoms with van der Waals surface area (Å²) in [5.74, 6) is -0.0295. The van der Waals surface area contributed by atoms with Gasteiger partial charge >= 0.3 is 0 Å². The molecule has 16 heavy (non-hydrogen) atoms. The van der Waals surface area contributed by atoms with E-state index in [4.69, 9.17) is 11.6 Å². The van der Waals surface area contributed by atoms with Crippen molar-refractivity contribution in [3.63, 3.8) is 0 Å². The molecule has 0 bridgehead atoms. The van der Waals surface area contributed by atoms with Crippen LogP contribution in [0.2, 0.25) is 5.02 Å². The average Bonchev–Trinajstić information content (AvgIpc) is 2.66. The smallest absolute Gasteiger partial charge is 0.105 e.